The fourth-order valence-electron chi connectivity index (χ4n) is 0.492. The summed E-state index contributed by atoms with van der Waals surface area (Å²) in [7, 11) is 0. The Balaban J connectivity index is 3.25. The van der Waals surface area contributed by atoms with E-state index in [-0.39, 0.29) is 12.3 Å². The van der Waals surface area contributed by atoms with Crippen molar-refractivity contribution in [3.05, 3.63) is 0 Å². The topological polar surface area (TPSA) is 102 Å². The first-order valence-electron chi connectivity index (χ1n) is 3.49. The summed E-state index contributed by atoms with van der Waals surface area (Å²) < 4.78 is 0. The lowest BCUT2D eigenvalue weighted by molar-refractivity contribution is -0.149. The number of hydrogen-bond acceptors (Lipinski definition) is 4. The zero-order valence-corrected chi connectivity index (χ0v) is 6.58. The van der Waals surface area contributed by atoms with Crippen LogP contribution in [0.1, 0.15) is 12.8 Å². The second kappa shape index (κ2) is 6.56. The second-order valence-corrected chi connectivity index (χ2v) is 2.10. The quantitative estimate of drug-likeness (QED) is 0.444. The highest BCUT2D eigenvalue weighted by molar-refractivity contribution is 5.75. The molecule has 0 aromatic carbocycles. The van der Waals surface area contributed by atoms with E-state index >= 15 is 0 Å². The molecule has 0 aliphatic heterocycles. The van der Waals surface area contributed by atoms with Gasteiger partial charge in [0, 0.05) is 6.42 Å². The van der Waals surface area contributed by atoms with Gasteiger partial charge in [0.2, 0.25) is 5.91 Å². The zero-order valence-electron chi connectivity index (χ0n) is 6.58. The van der Waals surface area contributed by atoms with Crippen molar-refractivity contribution in [1.82, 2.24) is 5.48 Å². The Morgan fingerprint density at radius 1 is 1.50 bits per heavy atom. The van der Waals surface area contributed by atoms with E-state index in [9.17, 15) is 9.59 Å². The van der Waals surface area contributed by atoms with Crippen molar-refractivity contribution in [3.8, 4) is 0 Å². The number of carbonyl (C=O) groups is 2. The molecule has 0 heterocycles. The molecule has 0 saturated carbocycles. The molecule has 12 heavy (non-hydrogen) atoms. The number of rotatable bonds is 6. The molecule has 0 radical (unpaired) electrons. The summed E-state index contributed by atoms with van der Waals surface area (Å²) >= 11 is 0. The van der Waals surface area contributed by atoms with E-state index < -0.39 is 12.6 Å². The minimum absolute atomic E-state index is 0.246. The Bertz CT molecular complexity index is 160. The second-order valence-electron chi connectivity index (χ2n) is 2.10. The zero-order chi connectivity index (χ0) is 9.40. The number of nitrogens with one attached hydrogen (secondary N) is 1. The first-order chi connectivity index (χ1) is 5.66. The summed E-state index contributed by atoms with van der Waals surface area (Å²) in [4.78, 5) is 24.9. The van der Waals surface area contributed by atoms with Crippen molar-refractivity contribution in [3.63, 3.8) is 0 Å². The summed E-state index contributed by atoms with van der Waals surface area (Å²) in [6.07, 6.45) is 0.804. The van der Waals surface area contributed by atoms with E-state index in [1.807, 2.05) is 5.48 Å². The van der Waals surface area contributed by atoms with Gasteiger partial charge in [-0.2, -0.15) is 0 Å². The van der Waals surface area contributed by atoms with Crippen LogP contribution >= 0.6 is 0 Å². The van der Waals surface area contributed by atoms with Crippen LogP contribution in [0.3, 0.4) is 0 Å². The van der Waals surface area contributed by atoms with Gasteiger partial charge in [0.05, 0.1) is 0 Å². The minimum Gasteiger partial charge on any atom is -0.479 e. The van der Waals surface area contributed by atoms with Crippen LogP contribution in [0.5, 0.6) is 0 Å². The van der Waals surface area contributed by atoms with E-state index in [4.69, 9.17) is 10.8 Å². The number of nitrogens with two attached hydrogens (primary N) is 1. The molecule has 6 heteroatoms. The Labute approximate surface area is 69.6 Å². The van der Waals surface area contributed by atoms with Crippen molar-refractivity contribution in [2.24, 2.45) is 5.73 Å². The molecule has 1 amide bonds. The minimum atomic E-state index is -1.13. The standard InChI is InChI=1S/C6H12N2O4/c7-3-1-2-5(9)8-12-4-6(10)11/h1-4,7H2,(H,8,9)(H,10,11). The molecule has 0 aromatic rings. The predicted octanol–water partition coefficient (Wildman–Crippen LogP) is -1.14. The molecule has 4 N–H and O–H groups in total. The smallest absolute Gasteiger partial charge is 0.332 e. The summed E-state index contributed by atoms with van der Waals surface area (Å²) in [5.74, 6) is -1.49. The number of amides is 1. The van der Waals surface area contributed by atoms with Crippen LogP contribution in [0.25, 0.3) is 0 Å². The van der Waals surface area contributed by atoms with Crippen molar-refractivity contribution in [2.45, 2.75) is 12.8 Å². The number of carboxylic acid groups (broad SMARTS) is 1. The van der Waals surface area contributed by atoms with Gasteiger partial charge in [-0.05, 0) is 13.0 Å². The molecule has 0 atom stereocenters. The summed E-state index contributed by atoms with van der Waals surface area (Å²) in [5, 5.41) is 8.11. The molecular formula is C6H12N2O4. The number of hydroxylamine groups is 1. The molecule has 0 saturated heterocycles. The molecule has 0 rings (SSSR count). The first kappa shape index (κ1) is 10.9. The Morgan fingerprint density at radius 3 is 2.67 bits per heavy atom. The van der Waals surface area contributed by atoms with E-state index in [0.717, 1.165) is 0 Å². The van der Waals surface area contributed by atoms with Crippen molar-refractivity contribution in [2.75, 3.05) is 13.2 Å². The third kappa shape index (κ3) is 6.97. The molecule has 0 unspecified atom stereocenters. The van der Waals surface area contributed by atoms with Gasteiger partial charge in [-0.25, -0.2) is 10.3 Å². The maximum atomic E-state index is 10.7. The SMILES string of the molecule is NCCCC(=O)NOCC(=O)O. The largest absolute Gasteiger partial charge is 0.479 e. The average molecular weight is 176 g/mol. The van der Waals surface area contributed by atoms with Gasteiger partial charge in [0.25, 0.3) is 0 Å². The van der Waals surface area contributed by atoms with E-state index in [2.05, 4.69) is 4.84 Å². The van der Waals surface area contributed by atoms with Crippen molar-refractivity contribution < 1.29 is 19.5 Å². The Morgan fingerprint density at radius 2 is 2.17 bits per heavy atom. The van der Waals surface area contributed by atoms with E-state index in [1.54, 1.807) is 0 Å². The lowest BCUT2D eigenvalue weighted by Gasteiger charge is -2.01. The molecule has 0 aliphatic carbocycles. The van der Waals surface area contributed by atoms with Crippen LogP contribution in [0.4, 0.5) is 0 Å². The van der Waals surface area contributed by atoms with Gasteiger partial charge in [-0.3, -0.25) is 9.63 Å². The van der Waals surface area contributed by atoms with Crippen molar-refractivity contribution in [1.29, 1.82) is 0 Å². The van der Waals surface area contributed by atoms with Gasteiger partial charge in [0.15, 0.2) is 6.61 Å². The predicted molar refractivity (Wildman–Crippen MR) is 40.0 cm³/mol. The van der Waals surface area contributed by atoms with Gasteiger partial charge >= 0.3 is 5.97 Å². The average Bonchev–Trinajstić information content (AvgIpc) is 2.00. The third-order valence-electron chi connectivity index (χ3n) is 0.990. The fourth-order valence-corrected chi connectivity index (χ4v) is 0.492. The molecule has 0 bridgehead atoms. The van der Waals surface area contributed by atoms with Gasteiger partial charge in [-0.1, -0.05) is 0 Å². The van der Waals surface area contributed by atoms with Crippen LogP contribution in [0.2, 0.25) is 0 Å². The monoisotopic (exact) mass is 176 g/mol. The first-order valence-corrected chi connectivity index (χ1v) is 3.49. The highest BCUT2D eigenvalue weighted by Crippen LogP contribution is 1.84. The van der Waals surface area contributed by atoms with E-state index in [0.29, 0.717) is 13.0 Å². The van der Waals surface area contributed by atoms with Gasteiger partial charge in [0.1, 0.15) is 0 Å². The lowest BCUT2D eigenvalue weighted by Crippen LogP contribution is -2.26. The van der Waals surface area contributed by atoms with Crippen molar-refractivity contribution >= 4 is 11.9 Å². The fraction of sp³-hybridized carbons (Fsp3) is 0.667. The molecule has 6 nitrogen and oxygen atoms in total. The summed E-state index contributed by atoms with van der Waals surface area (Å²) in [5.41, 5.74) is 7.11. The summed E-state index contributed by atoms with van der Waals surface area (Å²) in [6.45, 7) is -0.110. The normalized spacial score (nSPS) is 9.42. The van der Waals surface area contributed by atoms with E-state index in [1.165, 1.54) is 0 Å². The Kier molecular flexibility index (Phi) is 5.94. The molecule has 0 spiro atoms. The van der Waals surface area contributed by atoms with Gasteiger partial charge < -0.3 is 10.8 Å². The highest BCUT2D eigenvalue weighted by atomic mass is 16.7. The van der Waals surface area contributed by atoms with Crippen LogP contribution < -0.4 is 11.2 Å². The number of carboxylic acids is 1. The molecule has 0 fully saturated rings. The van der Waals surface area contributed by atoms with Crippen LogP contribution in [-0.4, -0.2) is 30.1 Å². The molecular weight excluding hydrogens is 164 g/mol. The lowest BCUT2D eigenvalue weighted by atomic mass is 10.3. The molecule has 0 aliphatic rings. The Hall–Kier alpha value is -1.14. The number of carbonyl (C=O) groups excluding carboxylic acids is 1. The van der Waals surface area contributed by atoms with Gasteiger partial charge in [-0.15, -0.1) is 0 Å². The maximum Gasteiger partial charge on any atom is 0.332 e. The number of hydrogen-bond donors (Lipinski definition) is 3. The molecule has 0 aromatic heterocycles. The third-order valence-corrected chi connectivity index (χ3v) is 0.990. The maximum absolute atomic E-state index is 10.7. The van der Waals surface area contributed by atoms with Crippen LogP contribution in [0.15, 0.2) is 0 Å². The summed E-state index contributed by atoms with van der Waals surface area (Å²) in [6, 6.07) is 0. The highest BCUT2D eigenvalue weighted by Gasteiger charge is 2.01. The number of aliphatic carboxylic acids is 1. The van der Waals surface area contributed by atoms with Crippen LogP contribution in [-0.2, 0) is 14.4 Å². The van der Waals surface area contributed by atoms with Crippen LogP contribution in [0, 0.1) is 0 Å². The molecule has 70 valence electrons.